The van der Waals surface area contributed by atoms with Gasteiger partial charge in [-0.15, -0.1) is 0 Å². The van der Waals surface area contributed by atoms with Crippen LogP contribution in [0.25, 0.3) is 0 Å². The first-order valence-corrected chi connectivity index (χ1v) is 6.81. The summed E-state index contributed by atoms with van der Waals surface area (Å²) < 4.78 is 0. The van der Waals surface area contributed by atoms with Gasteiger partial charge in [-0.05, 0) is 43.2 Å². The highest BCUT2D eigenvalue weighted by Crippen LogP contribution is 2.52. The van der Waals surface area contributed by atoms with Gasteiger partial charge in [0, 0.05) is 24.2 Å². The Bertz CT molecular complexity index is 375. The van der Waals surface area contributed by atoms with E-state index in [0.717, 1.165) is 17.9 Å². The lowest BCUT2D eigenvalue weighted by molar-refractivity contribution is 0.231. The van der Waals surface area contributed by atoms with Crippen LogP contribution in [0.5, 0.6) is 0 Å². The number of piperidine rings is 1. The minimum Gasteiger partial charge on any atom is -0.367 e. The number of benzene rings is 1. The second-order valence-corrected chi connectivity index (χ2v) is 5.68. The van der Waals surface area contributed by atoms with Crippen LogP contribution in [0, 0.1) is 5.92 Å². The van der Waals surface area contributed by atoms with Gasteiger partial charge in [0.05, 0.1) is 0 Å². The van der Waals surface area contributed by atoms with Crippen molar-refractivity contribution in [3.63, 3.8) is 0 Å². The van der Waals surface area contributed by atoms with Gasteiger partial charge in [0.15, 0.2) is 0 Å². The number of hydrogen-bond donors (Lipinski definition) is 0. The lowest BCUT2D eigenvalue weighted by Crippen LogP contribution is -2.46. The van der Waals surface area contributed by atoms with Crippen LogP contribution in [0.3, 0.4) is 0 Å². The van der Waals surface area contributed by atoms with Crippen LogP contribution < -0.4 is 4.90 Å². The van der Waals surface area contributed by atoms with Gasteiger partial charge in [0.2, 0.25) is 0 Å². The van der Waals surface area contributed by atoms with E-state index in [1.807, 2.05) is 0 Å². The first-order valence-electron chi connectivity index (χ1n) is 6.81. The van der Waals surface area contributed by atoms with Crippen molar-refractivity contribution in [1.29, 1.82) is 0 Å². The smallest absolute Gasteiger partial charge is 0.0405 e. The lowest BCUT2D eigenvalue weighted by Gasteiger charge is -2.43. The molecule has 1 aliphatic carbocycles. The second-order valence-electron chi connectivity index (χ2n) is 5.68. The molecular formula is C15H19N. The Balaban J connectivity index is 1.85. The minimum absolute atomic E-state index is 0.857. The fourth-order valence-corrected chi connectivity index (χ4v) is 4.41. The fraction of sp³-hybridized carbons (Fsp3) is 0.600. The molecule has 16 heavy (non-hydrogen) atoms. The first-order chi connectivity index (χ1) is 7.95. The van der Waals surface area contributed by atoms with E-state index in [1.165, 1.54) is 38.6 Å². The summed E-state index contributed by atoms with van der Waals surface area (Å²) in [6.45, 7) is 1.30. The molecule has 0 aromatic heterocycles. The van der Waals surface area contributed by atoms with Gasteiger partial charge < -0.3 is 4.90 Å². The molecule has 3 aliphatic rings. The summed E-state index contributed by atoms with van der Waals surface area (Å²) in [5.74, 6) is 1.84. The molecule has 2 fully saturated rings. The molecule has 84 valence electrons. The lowest BCUT2D eigenvalue weighted by atomic mass is 9.72. The van der Waals surface area contributed by atoms with E-state index in [-0.39, 0.29) is 0 Å². The molecular weight excluding hydrogens is 194 g/mol. The maximum atomic E-state index is 2.73. The van der Waals surface area contributed by atoms with Gasteiger partial charge in [0.1, 0.15) is 0 Å². The van der Waals surface area contributed by atoms with E-state index >= 15 is 0 Å². The summed E-state index contributed by atoms with van der Waals surface area (Å²) in [4.78, 5) is 2.73. The van der Waals surface area contributed by atoms with E-state index in [4.69, 9.17) is 0 Å². The van der Waals surface area contributed by atoms with Crippen LogP contribution in [0.1, 0.15) is 43.6 Å². The first kappa shape index (κ1) is 9.09. The topological polar surface area (TPSA) is 3.24 Å². The Kier molecular flexibility index (Phi) is 1.85. The maximum absolute atomic E-state index is 2.73. The molecule has 3 atom stereocenters. The Labute approximate surface area is 97.5 Å². The number of hydrogen-bond acceptors (Lipinski definition) is 1. The van der Waals surface area contributed by atoms with E-state index in [0.29, 0.717) is 0 Å². The molecule has 2 aliphatic heterocycles. The SMILES string of the molecule is c1ccc2c(c1)C1CCCC3CCCN2C31. The van der Waals surface area contributed by atoms with Gasteiger partial charge in [-0.25, -0.2) is 0 Å². The average molecular weight is 213 g/mol. The number of anilines is 1. The molecule has 0 amide bonds. The number of nitrogens with zero attached hydrogens (tertiary/aromatic N) is 1. The van der Waals surface area contributed by atoms with Gasteiger partial charge >= 0.3 is 0 Å². The fourth-order valence-electron chi connectivity index (χ4n) is 4.41. The van der Waals surface area contributed by atoms with Crippen molar-refractivity contribution in [3.05, 3.63) is 29.8 Å². The van der Waals surface area contributed by atoms with E-state index in [1.54, 1.807) is 11.3 Å². The summed E-state index contributed by atoms with van der Waals surface area (Å²) >= 11 is 0. The second kappa shape index (κ2) is 3.26. The zero-order valence-electron chi connectivity index (χ0n) is 9.73. The third-order valence-electron chi connectivity index (χ3n) is 4.96. The minimum atomic E-state index is 0.857. The summed E-state index contributed by atoms with van der Waals surface area (Å²) in [5.41, 5.74) is 3.21. The summed E-state index contributed by atoms with van der Waals surface area (Å²) in [6.07, 6.45) is 7.24. The third-order valence-corrected chi connectivity index (χ3v) is 4.96. The standard InChI is InChI=1S/C15H19N/c1-2-9-14-12(7-1)13-8-3-5-11-6-4-10-16(14)15(11)13/h1-2,7,9,11,13,15H,3-6,8,10H2. The summed E-state index contributed by atoms with van der Waals surface area (Å²) in [7, 11) is 0. The van der Waals surface area contributed by atoms with Crippen LogP contribution in [0.15, 0.2) is 24.3 Å². The molecule has 1 heteroatoms. The summed E-state index contributed by atoms with van der Waals surface area (Å²) in [5, 5.41) is 0. The molecule has 0 bridgehead atoms. The van der Waals surface area contributed by atoms with Crippen LogP contribution in [0.2, 0.25) is 0 Å². The molecule has 4 rings (SSSR count). The van der Waals surface area contributed by atoms with Crippen molar-refractivity contribution in [2.75, 3.05) is 11.4 Å². The van der Waals surface area contributed by atoms with Gasteiger partial charge in [-0.1, -0.05) is 24.6 Å². The van der Waals surface area contributed by atoms with E-state index < -0.39 is 0 Å². The van der Waals surface area contributed by atoms with Crippen molar-refractivity contribution < 1.29 is 0 Å². The van der Waals surface area contributed by atoms with Gasteiger partial charge in [-0.2, -0.15) is 0 Å². The molecule has 1 nitrogen and oxygen atoms in total. The van der Waals surface area contributed by atoms with Gasteiger partial charge in [0.25, 0.3) is 0 Å². The maximum Gasteiger partial charge on any atom is 0.0405 e. The monoisotopic (exact) mass is 213 g/mol. The molecule has 1 aromatic carbocycles. The zero-order chi connectivity index (χ0) is 10.5. The highest BCUT2D eigenvalue weighted by atomic mass is 15.2. The van der Waals surface area contributed by atoms with Crippen molar-refractivity contribution >= 4 is 5.69 Å². The number of para-hydroxylation sites is 1. The van der Waals surface area contributed by atoms with Crippen LogP contribution in [-0.4, -0.2) is 12.6 Å². The molecule has 3 unspecified atom stereocenters. The van der Waals surface area contributed by atoms with Crippen molar-refractivity contribution in [2.45, 2.75) is 44.1 Å². The van der Waals surface area contributed by atoms with Crippen molar-refractivity contribution in [2.24, 2.45) is 5.92 Å². The average Bonchev–Trinajstić information content (AvgIpc) is 2.68. The predicted molar refractivity (Wildman–Crippen MR) is 66.9 cm³/mol. The Morgan fingerprint density at radius 2 is 1.88 bits per heavy atom. The molecule has 2 heterocycles. The van der Waals surface area contributed by atoms with Crippen LogP contribution in [0.4, 0.5) is 5.69 Å². The molecule has 1 aromatic rings. The predicted octanol–water partition coefficient (Wildman–Crippen LogP) is 3.55. The third kappa shape index (κ3) is 1.07. The Hall–Kier alpha value is -0.980. The summed E-state index contributed by atoms with van der Waals surface area (Å²) in [6, 6.07) is 10.0. The highest BCUT2D eigenvalue weighted by Gasteiger charge is 2.45. The Morgan fingerprint density at radius 3 is 2.88 bits per heavy atom. The molecule has 0 N–H and O–H groups in total. The van der Waals surface area contributed by atoms with Crippen molar-refractivity contribution in [1.82, 2.24) is 0 Å². The van der Waals surface area contributed by atoms with Crippen LogP contribution >= 0.6 is 0 Å². The normalized spacial score (nSPS) is 35.8. The largest absolute Gasteiger partial charge is 0.367 e. The molecule has 0 spiro atoms. The number of fused-ring (bicyclic) bond motifs is 3. The molecule has 1 saturated carbocycles. The van der Waals surface area contributed by atoms with Gasteiger partial charge in [-0.3, -0.25) is 0 Å². The quantitative estimate of drug-likeness (QED) is 0.637. The van der Waals surface area contributed by atoms with Crippen LogP contribution in [-0.2, 0) is 0 Å². The number of rotatable bonds is 0. The van der Waals surface area contributed by atoms with E-state index in [2.05, 4.69) is 29.2 Å². The van der Waals surface area contributed by atoms with Crippen molar-refractivity contribution in [3.8, 4) is 0 Å². The molecule has 0 radical (unpaired) electrons. The van der Waals surface area contributed by atoms with E-state index in [9.17, 15) is 0 Å². The Morgan fingerprint density at radius 1 is 1.00 bits per heavy atom. The molecule has 1 saturated heterocycles. The zero-order valence-corrected chi connectivity index (χ0v) is 9.73. The highest BCUT2D eigenvalue weighted by molar-refractivity contribution is 5.62.